The van der Waals surface area contributed by atoms with Gasteiger partial charge in [-0.05, 0) is 39.0 Å². The number of hydrogen-bond acceptors (Lipinski definition) is 2. The largest absolute Gasteiger partial charge is 0.449 e. The fourth-order valence-corrected chi connectivity index (χ4v) is 1.13. The molecule has 0 rings (SSSR count). The second-order valence-corrected chi connectivity index (χ2v) is 6.51. The van der Waals surface area contributed by atoms with E-state index in [-0.39, 0.29) is 11.6 Å². The van der Waals surface area contributed by atoms with Crippen LogP contribution in [-0.4, -0.2) is 30.2 Å². The molecule has 0 spiro atoms. The summed E-state index contributed by atoms with van der Waals surface area (Å²) in [7, 11) is 1.77. The van der Waals surface area contributed by atoms with E-state index in [2.05, 4.69) is 20.8 Å². The van der Waals surface area contributed by atoms with Gasteiger partial charge in [-0.25, -0.2) is 4.79 Å². The van der Waals surface area contributed by atoms with Crippen molar-refractivity contribution in [2.75, 3.05) is 13.7 Å². The summed E-state index contributed by atoms with van der Waals surface area (Å²) in [5.41, 5.74) is 0.128. The van der Waals surface area contributed by atoms with Crippen LogP contribution in [-0.2, 0) is 4.74 Å². The first-order chi connectivity index (χ1) is 7.04. The first-order valence-corrected chi connectivity index (χ1v) is 5.94. The molecule has 0 bridgehead atoms. The van der Waals surface area contributed by atoms with Gasteiger partial charge in [0.2, 0.25) is 0 Å². The molecule has 0 heterocycles. The van der Waals surface area contributed by atoms with Crippen LogP contribution in [0.2, 0.25) is 0 Å². The molecule has 0 saturated heterocycles. The van der Waals surface area contributed by atoms with Crippen molar-refractivity contribution in [3.8, 4) is 0 Å². The average molecular weight is 229 g/mol. The standard InChI is InChI=1S/C13H27NO2/c1-12(2,3)9-8-10-16-11(15)14(7)13(4,5)6/h8-10H2,1-7H3. The number of hydrogen-bond donors (Lipinski definition) is 0. The molecule has 0 radical (unpaired) electrons. The highest BCUT2D eigenvalue weighted by Gasteiger charge is 2.23. The van der Waals surface area contributed by atoms with E-state index in [9.17, 15) is 4.79 Å². The summed E-state index contributed by atoms with van der Waals surface area (Å²) in [5, 5.41) is 0. The van der Waals surface area contributed by atoms with Crippen LogP contribution in [0, 0.1) is 5.41 Å². The number of rotatable bonds is 3. The van der Waals surface area contributed by atoms with E-state index in [1.165, 1.54) is 0 Å². The van der Waals surface area contributed by atoms with Crippen molar-refractivity contribution in [1.82, 2.24) is 4.90 Å². The summed E-state index contributed by atoms with van der Waals surface area (Å²) >= 11 is 0. The van der Waals surface area contributed by atoms with Gasteiger partial charge in [-0.3, -0.25) is 0 Å². The molecule has 0 unspecified atom stereocenters. The van der Waals surface area contributed by atoms with E-state index in [4.69, 9.17) is 4.74 Å². The minimum Gasteiger partial charge on any atom is -0.449 e. The Morgan fingerprint density at radius 3 is 2.00 bits per heavy atom. The van der Waals surface area contributed by atoms with Crippen molar-refractivity contribution in [1.29, 1.82) is 0 Å². The molecule has 96 valence electrons. The predicted octanol–water partition coefficient (Wildman–Crippen LogP) is 3.68. The zero-order valence-corrected chi connectivity index (χ0v) is 11.9. The predicted molar refractivity (Wildman–Crippen MR) is 67.6 cm³/mol. The Bertz CT molecular complexity index is 223. The fourth-order valence-electron chi connectivity index (χ4n) is 1.13. The highest BCUT2D eigenvalue weighted by molar-refractivity contribution is 5.68. The fraction of sp³-hybridized carbons (Fsp3) is 0.923. The summed E-state index contributed by atoms with van der Waals surface area (Å²) < 4.78 is 5.21. The van der Waals surface area contributed by atoms with Crippen molar-refractivity contribution >= 4 is 6.09 Å². The average Bonchev–Trinajstić information content (AvgIpc) is 2.07. The molecule has 3 heteroatoms. The van der Waals surface area contributed by atoms with Crippen molar-refractivity contribution < 1.29 is 9.53 Å². The number of ether oxygens (including phenoxy) is 1. The first-order valence-electron chi connectivity index (χ1n) is 5.94. The number of nitrogens with zero attached hydrogens (tertiary/aromatic N) is 1. The minimum absolute atomic E-state index is 0.179. The van der Waals surface area contributed by atoms with E-state index in [0.717, 1.165) is 12.8 Å². The maximum absolute atomic E-state index is 11.6. The summed E-state index contributed by atoms with van der Waals surface area (Å²) in [6.45, 7) is 13.1. The molecule has 1 amide bonds. The van der Waals surface area contributed by atoms with Gasteiger partial charge in [0.15, 0.2) is 0 Å². The molecule has 16 heavy (non-hydrogen) atoms. The van der Waals surface area contributed by atoms with Crippen molar-refractivity contribution in [3.63, 3.8) is 0 Å². The molecule has 0 fully saturated rings. The molecule has 0 aliphatic heterocycles. The molecule has 0 aliphatic rings. The molecule has 0 N–H and O–H groups in total. The molecule has 3 nitrogen and oxygen atoms in total. The van der Waals surface area contributed by atoms with E-state index in [1.807, 2.05) is 20.8 Å². The number of carbonyl (C=O) groups is 1. The lowest BCUT2D eigenvalue weighted by Crippen LogP contribution is -2.42. The molecule has 0 saturated carbocycles. The van der Waals surface area contributed by atoms with Gasteiger partial charge in [0, 0.05) is 12.6 Å². The lowest BCUT2D eigenvalue weighted by molar-refractivity contribution is 0.0779. The number of carbonyl (C=O) groups excluding carboxylic acids is 1. The van der Waals surface area contributed by atoms with Crippen LogP contribution in [0.15, 0.2) is 0 Å². The van der Waals surface area contributed by atoms with Crippen LogP contribution in [0.4, 0.5) is 4.79 Å². The van der Waals surface area contributed by atoms with E-state index >= 15 is 0 Å². The zero-order chi connectivity index (χ0) is 13.0. The molecule has 0 aliphatic carbocycles. The molecular formula is C13H27NO2. The first kappa shape index (κ1) is 15.3. The smallest absolute Gasteiger partial charge is 0.409 e. The van der Waals surface area contributed by atoms with Gasteiger partial charge in [-0.1, -0.05) is 20.8 Å². The molecule has 0 aromatic heterocycles. The van der Waals surface area contributed by atoms with Gasteiger partial charge < -0.3 is 9.64 Å². The lowest BCUT2D eigenvalue weighted by atomic mass is 9.91. The maximum atomic E-state index is 11.6. The van der Waals surface area contributed by atoms with Gasteiger partial charge in [0.1, 0.15) is 0 Å². The van der Waals surface area contributed by atoms with E-state index in [0.29, 0.717) is 12.0 Å². The number of amides is 1. The van der Waals surface area contributed by atoms with Gasteiger partial charge in [-0.2, -0.15) is 0 Å². The van der Waals surface area contributed by atoms with Gasteiger partial charge in [0.05, 0.1) is 6.61 Å². The Morgan fingerprint density at radius 1 is 1.12 bits per heavy atom. The Kier molecular flexibility index (Phi) is 5.30. The molecule has 0 atom stereocenters. The summed E-state index contributed by atoms with van der Waals surface area (Å²) in [6.07, 6.45) is 1.76. The Hall–Kier alpha value is -0.730. The molecule has 0 aromatic carbocycles. The van der Waals surface area contributed by atoms with Gasteiger partial charge in [0.25, 0.3) is 0 Å². The van der Waals surface area contributed by atoms with Crippen molar-refractivity contribution in [2.45, 2.75) is 59.9 Å². The maximum Gasteiger partial charge on any atom is 0.409 e. The third kappa shape index (κ3) is 6.70. The van der Waals surface area contributed by atoms with Crippen LogP contribution < -0.4 is 0 Å². The second-order valence-electron chi connectivity index (χ2n) is 6.51. The van der Waals surface area contributed by atoms with Crippen LogP contribution in [0.3, 0.4) is 0 Å². The normalized spacial score (nSPS) is 12.4. The Morgan fingerprint density at radius 2 is 1.62 bits per heavy atom. The highest BCUT2D eigenvalue weighted by Crippen LogP contribution is 2.20. The topological polar surface area (TPSA) is 29.5 Å². The SMILES string of the molecule is CN(C(=O)OCCCC(C)(C)C)C(C)(C)C. The monoisotopic (exact) mass is 229 g/mol. The van der Waals surface area contributed by atoms with Crippen LogP contribution in [0.1, 0.15) is 54.4 Å². The third-order valence-corrected chi connectivity index (χ3v) is 2.58. The lowest BCUT2D eigenvalue weighted by Gasteiger charge is -2.31. The van der Waals surface area contributed by atoms with Gasteiger partial charge >= 0.3 is 6.09 Å². The van der Waals surface area contributed by atoms with Crippen LogP contribution >= 0.6 is 0 Å². The molecular weight excluding hydrogens is 202 g/mol. The van der Waals surface area contributed by atoms with Crippen LogP contribution in [0.5, 0.6) is 0 Å². The minimum atomic E-state index is -0.235. The van der Waals surface area contributed by atoms with E-state index < -0.39 is 0 Å². The second kappa shape index (κ2) is 5.55. The Labute approximate surface area is 100 Å². The third-order valence-electron chi connectivity index (χ3n) is 2.58. The van der Waals surface area contributed by atoms with Crippen molar-refractivity contribution in [2.24, 2.45) is 5.41 Å². The summed E-state index contributed by atoms with van der Waals surface area (Å²) in [5.74, 6) is 0. The highest BCUT2D eigenvalue weighted by atomic mass is 16.6. The quantitative estimate of drug-likeness (QED) is 0.691. The van der Waals surface area contributed by atoms with Crippen molar-refractivity contribution in [3.05, 3.63) is 0 Å². The molecule has 0 aromatic rings. The summed E-state index contributed by atoms with van der Waals surface area (Å²) in [6, 6.07) is 0. The Balaban J connectivity index is 3.83. The summed E-state index contributed by atoms with van der Waals surface area (Å²) in [4.78, 5) is 13.2. The van der Waals surface area contributed by atoms with Crippen LogP contribution in [0.25, 0.3) is 0 Å². The van der Waals surface area contributed by atoms with Gasteiger partial charge in [-0.15, -0.1) is 0 Å². The van der Waals surface area contributed by atoms with E-state index in [1.54, 1.807) is 11.9 Å². The zero-order valence-electron chi connectivity index (χ0n) is 11.9.